The third kappa shape index (κ3) is 2.73. The molecule has 0 unspecified atom stereocenters. The number of hydrogen-bond acceptors (Lipinski definition) is 7. The highest BCUT2D eigenvalue weighted by Gasteiger charge is 2.45. The van der Waals surface area contributed by atoms with Crippen molar-refractivity contribution in [3.05, 3.63) is 0 Å². The zero-order valence-electron chi connectivity index (χ0n) is 9.91. The van der Waals surface area contributed by atoms with E-state index in [1.165, 1.54) is 14.2 Å². The third-order valence-corrected chi connectivity index (χ3v) is 3.64. The molecular weight excluding hydrogens is 260 g/mol. The monoisotopic (exact) mass is 272 g/mol. The van der Waals surface area contributed by atoms with Crippen LogP contribution < -0.4 is 0 Å². The van der Waals surface area contributed by atoms with Gasteiger partial charge in [-0.1, -0.05) is 0 Å². The lowest BCUT2D eigenvalue weighted by Crippen LogP contribution is -2.48. The molecule has 1 heterocycles. The van der Waals surface area contributed by atoms with Crippen molar-refractivity contribution in [2.75, 3.05) is 20.0 Å². The van der Waals surface area contributed by atoms with Gasteiger partial charge >= 0.3 is 11.9 Å². The molecule has 0 bridgehead atoms. The first-order chi connectivity index (χ1) is 8.56. The number of hydrogen-bond donors (Lipinski definition) is 0. The average molecular weight is 272 g/mol. The maximum absolute atomic E-state index is 11.8. The van der Waals surface area contributed by atoms with Crippen molar-refractivity contribution in [2.24, 2.45) is 0 Å². The van der Waals surface area contributed by atoms with Crippen molar-refractivity contribution in [3.63, 3.8) is 0 Å². The van der Waals surface area contributed by atoms with Crippen molar-refractivity contribution in [3.8, 4) is 6.07 Å². The number of rotatable bonds is 3. The van der Waals surface area contributed by atoms with Crippen molar-refractivity contribution in [1.29, 1.82) is 5.26 Å². The number of nitriles is 1. The number of ether oxygens (including phenoxy) is 2. The summed E-state index contributed by atoms with van der Waals surface area (Å²) in [5, 5.41) is 7.62. The van der Waals surface area contributed by atoms with Gasteiger partial charge in [0.2, 0.25) is 5.91 Å². The number of carbonyl (C=O) groups is 3. The molecule has 2 atom stereocenters. The van der Waals surface area contributed by atoms with Gasteiger partial charge in [0.15, 0.2) is 5.37 Å². The van der Waals surface area contributed by atoms with Crippen molar-refractivity contribution in [2.45, 2.75) is 17.8 Å². The Balaban J connectivity index is 2.96. The second kappa shape index (κ2) is 6.26. The summed E-state index contributed by atoms with van der Waals surface area (Å²) in [6.45, 7) is 0. The highest BCUT2D eigenvalue weighted by molar-refractivity contribution is 8.00. The maximum atomic E-state index is 11.8. The molecule has 1 rings (SSSR count). The minimum atomic E-state index is -0.903. The molecule has 0 spiro atoms. The van der Waals surface area contributed by atoms with Crippen LogP contribution in [-0.2, 0) is 23.9 Å². The first kappa shape index (κ1) is 14.3. The van der Waals surface area contributed by atoms with Crippen LogP contribution in [0.3, 0.4) is 0 Å². The normalized spacial score (nSPS) is 22.2. The Labute approximate surface area is 108 Å². The molecule has 0 aliphatic carbocycles. The van der Waals surface area contributed by atoms with E-state index >= 15 is 0 Å². The molecule has 1 saturated heterocycles. The van der Waals surface area contributed by atoms with Gasteiger partial charge in [0, 0.05) is 5.75 Å². The van der Waals surface area contributed by atoms with Crippen LogP contribution in [0.4, 0.5) is 0 Å². The minimum Gasteiger partial charge on any atom is -0.467 e. The first-order valence-electron chi connectivity index (χ1n) is 5.02. The smallest absolute Gasteiger partial charge is 0.339 e. The number of amides is 1. The van der Waals surface area contributed by atoms with Crippen LogP contribution in [0, 0.1) is 11.3 Å². The molecule has 8 heteroatoms. The fourth-order valence-corrected chi connectivity index (χ4v) is 2.89. The molecule has 1 aliphatic heterocycles. The van der Waals surface area contributed by atoms with Gasteiger partial charge in [-0.3, -0.25) is 4.79 Å². The maximum Gasteiger partial charge on any atom is 0.339 e. The second-order valence-corrected chi connectivity index (χ2v) is 4.50. The number of thioether (sulfide) groups is 1. The van der Waals surface area contributed by atoms with E-state index in [1.54, 1.807) is 6.07 Å². The minimum absolute atomic E-state index is 0.240. The van der Waals surface area contributed by atoms with Crippen LogP contribution in [-0.4, -0.2) is 54.1 Å². The molecule has 0 radical (unpaired) electrons. The molecule has 1 amide bonds. The molecule has 0 N–H and O–H groups in total. The van der Waals surface area contributed by atoms with Crippen molar-refractivity contribution in [1.82, 2.24) is 4.90 Å². The van der Waals surface area contributed by atoms with E-state index in [4.69, 9.17) is 5.26 Å². The lowest BCUT2D eigenvalue weighted by molar-refractivity contribution is -0.156. The summed E-state index contributed by atoms with van der Waals surface area (Å²) in [4.78, 5) is 35.9. The van der Waals surface area contributed by atoms with Crippen LogP contribution >= 0.6 is 11.8 Å². The Morgan fingerprint density at radius 1 is 1.33 bits per heavy atom. The van der Waals surface area contributed by atoms with Gasteiger partial charge in [0.05, 0.1) is 20.3 Å². The molecule has 98 valence electrons. The summed E-state index contributed by atoms with van der Waals surface area (Å²) >= 11 is 1.11. The van der Waals surface area contributed by atoms with Crippen LogP contribution in [0.15, 0.2) is 0 Å². The largest absolute Gasteiger partial charge is 0.467 e. The van der Waals surface area contributed by atoms with Crippen molar-refractivity contribution >= 4 is 29.6 Å². The number of esters is 2. The van der Waals surface area contributed by atoms with Crippen LogP contribution in [0.1, 0.15) is 6.42 Å². The Bertz CT molecular complexity index is 382. The zero-order valence-corrected chi connectivity index (χ0v) is 10.7. The standard InChI is InChI=1S/C10H12N2O5S/c1-16-9(14)6-5-18-8(10(15)17-2)12(6)7(13)3-4-11/h6,8H,3,5H2,1-2H3/t6-,8+/m0/s1. The quantitative estimate of drug-likeness (QED) is 0.640. The molecular formula is C10H12N2O5S. The summed E-state index contributed by atoms with van der Waals surface area (Å²) < 4.78 is 9.14. The predicted molar refractivity (Wildman–Crippen MR) is 61.1 cm³/mol. The van der Waals surface area contributed by atoms with Crippen LogP contribution in [0.2, 0.25) is 0 Å². The van der Waals surface area contributed by atoms with Gasteiger partial charge in [0.1, 0.15) is 12.5 Å². The highest BCUT2D eigenvalue weighted by atomic mass is 32.2. The van der Waals surface area contributed by atoms with Gasteiger partial charge < -0.3 is 14.4 Å². The lowest BCUT2D eigenvalue weighted by Gasteiger charge is -2.25. The Hall–Kier alpha value is -1.75. The van der Waals surface area contributed by atoms with E-state index in [2.05, 4.69) is 9.47 Å². The molecule has 1 aliphatic rings. The van der Waals surface area contributed by atoms with Gasteiger partial charge in [-0.05, 0) is 0 Å². The summed E-state index contributed by atoms with van der Waals surface area (Å²) in [5.74, 6) is -1.59. The van der Waals surface area contributed by atoms with Gasteiger partial charge in [-0.2, -0.15) is 5.26 Å². The number of carbonyl (C=O) groups excluding carboxylic acids is 3. The fourth-order valence-electron chi connectivity index (χ4n) is 1.57. The Kier molecular flexibility index (Phi) is 4.97. The van der Waals surface area contributed by atoms with Crippen LogP contribution in [0.5, 0.6) is 0 Å². The van der Waals surface area contributed by atoms with Gasteiger partial charge in [0.25, 0.3) is 0 Å². The molecule has 0 aromatic heterocycles. The molecule has 0 aromatic carbocycles. The van der Waals surface area contributed by atoms with Gasteiger partial charge in [-0.25, -0.2) is 9.59 Å². The van der Waals surface area contributed by atoms with Crippen LogP contribution in [0.25, 0.3) is 0 Å². The highest BCUT2D eigenvalue weighted by Crippen LogP contribution is 2.31. The van der Waals surface area contributed by atoms with E-state index in [1.807, 2.05) is 0 Å². The topological polar surface area (TPSA) is 96.7 Å². The van der Waals surface area contributed by atoms with E-state index in [9.17, 15) is 14.4 Å². The lowest BCUT2D eigenvalue weighted by atomic mass is 10.2. The molecule has 7 nitrogen and oxygen atoms in total. The summed E-state index contributed by atoms with van der Waals surface area (Å²) in [6, 6.07) is 0.838. The van der Waals surface area contributed by atoms with E-state index in [0.717, 1.165) is 16.7 Å². The van der Waals surface area contributed by atoms with E-state index < -0.39 is 35.7 Å². The molecule has 0 saturated carbocycles. The zero-order chi connectivity index (χ0) is 13.7. The summed E-state index contributed by atoms with van der Waals surface area (Å²) in [7, 11) is 2.40. The fraction of sp³-hybridized carbons (Fsp3) is 0.600. The van der Waals surface area contributed by atoms with E-state index in [-0.39, 0.29) is 5.75 Å². The SMILES string of the molecule is COC(=O)[C@H]1SC[C@@H](C(=O)OC)N1C(=O)CC#N. The molecule has 0 aromatic rings. The number of methoxy groups -OCH3 is 2. The second-order valence-electron chi connectivity index (χ2n) is 3.38. The Morgan fingerprint density at radius 2 is 1.94 bits per heavy atom. The van der Waals surface area contributed by atoms with E-state index in [0.29, 0.717) is 0 Å². The van der Waals surface area contributed by atoms with Gasteiger partial charge in [-0.15, -0.1) is 11.8 Å². The third-order valence-electron chi connectivity index (χ3n) is 2.39. The number of nitrogens with zero attached hydrogens (tertiary/aromatic N) is 2. The summed E-state index contributed by atoms with van der Waals surface area (Å²) in [5.41, 5.74) is 0. The first-order valence-corrected chi connectivity index (χ1v) is 6.07. The predicted octanol–water partition coefficient (Wildman–Crippen LogP) is -0.484. The average Bonchev–Trinajstić information content (AvgIpc) is 2.81. The Morgan fingerprint density at radius 3 is 2.44 bits per heavy atom. The van der Waals surface area contributed by atoms with Crippen molar-refractivity contribution < 1.29 is 23.9 Å². The molecule has 1 fully saturated rings. The summed E-state index contributed by atoms with van der Waals surface area (Å²) in [6.07, 6.45) is -0.401. The molecule has 18 heavy (non-hydrogen) atoms.